The van der Waals surface area contributed by atoms with Gasteiger partial charge in [-0.05, 0) is 52.6 Å². The molecule has 0 aromatic carbocycles. The normalized spacial score (nSPS) is 28.6. The van der Waals surface area contributed by atoms with Crippen LogP contribution in [0.5, 0.6) is 0 Å². The van der Waals surface area contributed by atoms with Crippen LogP contribution in [0.1, 0.15) is 46.5 Å². The third kappa shape index (κ3) is 3.72. The van der Waals surface area contributed by atoms with Crippen LogP contribution in [0.4, 0.5) is 0 Å². The van der Waals surface area contributed by atoms with E-state index in [2.05, 4.69) is 35.0 Å². The molecule has 0 bridgehead atoms. The van der Waals surface area contributed by atoms with Gasteiger partial charge in [0.25, 0.3) is 0 Å². The van der Waals surface area contributed by atoms with Gasteiger partial charge in [0.15, 0.2) is 0 Å². The molecule has 114 valence electrons. The summed E-state index contributed by atoms with van der Waals surface area (Å²) in [5.74, 6) is 0. The summed E-state index contributed by atoms with van der Waals surface area (Å²) in [4.78, 5) is 5.23. The maximum atomic E-state index is 9.47. The number of hydrogen-bond acceptors (Lipinski definition) is 4. The van der Waals surface area contributed by atoms with Gasteiger partial charge in [0.05, 0.1) is 6.07 Å². The maximum absolute atomic E-state index is 9.47. The molecule has 0 saturated carbocycles. The van der Waals surface area contributed by atoms with E-state index in [-0.39, 0.29) is 5.54 Å². The summed E-state index contributed by atoms with van der Waals surface area (Å²) in [7, 11) is 0. The fourth-order valence-electron chi connectivity index (χ4n) is 3.69. The van der Waals surface area contributed by atoms with Gasteiger partial charge in [0, 0.05) is 31.7 Å². The van der Waals surface area contributed by atoms with E-state index in [0.29, 0.717) is 6.04 Å². The molecule has 0 amide bonds. The lowest BCUT2D eigenvalue weighted by Gasteiger charge is -2.42. The first-order chi connectivity index (χ1) is 9.58. The third-order valence-corrected chi connectivity index (χ3v) is 4.96. The molecule has 0 aliphatic carbocycles. The van der Waals surface area contributed by atoms with Crippen LogP contribution < -0.4 is 5.32 Å². The van der Waals surface area contributed by atoms with Crippen molar-refractivity contribution in [3.05, 3.63) is 0 Å². The smallest absolute Gasteiger partial charge is 0.105 e. The van der Waals surface area contributed by atoms with Gasteiger partial charge < -0.3 is 0 Å². The summed E-state index contributed by atoms with van der Waals surface area (Å²) in [6.45, 7) is 12.3. The van der Waals surface area contributed by atoms with Crippen LogP contribution in [0.2, 0.25) is 0 Å². The Bertz CT molecular complexity index is 351. The molecule has 2 aliphatic heterocycles. The SMILES string of the molecule is CCCNC(C)(C#N)CC(C)N1CCN2CCCC2C1. The molecule has 3 unspecified atom stereocenters. The van der Waals surface area contributed by atoms with Crippen molar-refractivity contribution in [1.29, 1.82) is 5.26 Å². The number of rotatable bonds is 6. The molecule has 1 N–H and O–H groups in total. The minimum Gasteiger partial charge on any atom is -0.300 e. The monoisotopic (exact) mass is 278 g/mol. The highest BCUT2D eigenvalue weighted by Crippen LogP contribution is 2.24. The summed E-state index contributed by atoms with van der Waals surface area (Å²) >= 11 is 0. The Morgan fingerprint density at radius 2 is 2.20 bits per heavy atom. The molecule has 4 heteroatoms. The molecule has 4 nitrogen and oxygen atoms in total. The molecule has 0 aromatic heterocycles. The molecule has 2 fully saturated rings. The average molecular weight is 278 g/mol. The van der Waals surface area contributed by atoms with E-state index < -0.39 is 0 Å². The molecule has 20 heavy (non-hydrogen) atoms. The van der Waals surface area contributed by atoms with Crippen LogP contribution in [0.15, 0.2) is 0 Å². The quantitative estimate of drug-likeness (QED) is 0.805. The number of nitriles is 1. The van der Waals surface area contributed by atoms with Crippen molar-refractivity contribution >= 4 is 0 Å². The van der Waals surface area contributed by atoms with Crippen LogP contribution in [-0.2, 0) is 0 Å². The number of piperazine rings is 1. The lowest BCUT2D eigenvalue weighted by Crippen LogP contribution is -2.55. The molecule has 0 radical (unpaired) electrons. The zero-order chi connectivity index (χ0) is 14.6. The molecular weight excluding hydrogens is 248 g/mol. The fourth-order valence-corrected chi connectivity index (χ4v) is 3.69. The van der Waals surface area contributed by atoms with E-state index in [1.165, 1.54) is 32.5 Å². The Hall–Kier alpha value is -0.630. The van der Waals surface area contributed by atoms with Gasteiger partial charge in [-0.1, -0.05) is 6.92 Å². The second kappa shape index (κ2) is 6.89. The molecule has 0 aromatic rings. The van der Waals surface area contributed by atoms with Crippen LogP contribution in [0.25, 0.3) is 0 Å². The fraction of sp³-hybridized carbons (Fsp3) is 0.938. The first kappa shape index (κ1) is 15.8. The van der Waals surface area contributed by atoms with Crippen molar-refractivity contribution in [2.24, 2.45) is 0 Å². The van der Waals surface area contributed by atoms with Crippen molar-refractivity contribution in [2.45, 2.75) is 64.1 Å². The van der Waals surface area contributed by atoms with Crippen LogP contribution >= 0.6 is 0 Å². The van der Waals surface area contributed by atoms with Gasteiger partial charge in [-0.25, -0.2) is 0 Å². The van der Waals surface area contributed by atoms with Crippen molar-refractivity contribution in [1.82, 2.24) is 15.1 Å². The topological polar surface area (TPSA) is 42.3 Å². The summed E-state index contributed by atoms with van der Waals surface area (Å²) in [5, 5.41) is 12.9. The van der Waals surface area contributed by atoms with Crippen LogP contribution in [-0.4, -0.2) is 60.1 Å². The van der Waals surface area contributed by atoms with Gasteiger partial charge in [0.2, 0.25) is 0 Å². The maximum Gasteiger partial charge on any atom is 0.105 e. The Labute approximate surface area is 124 Å². The van der Waals surface area contributed by atoms with Gasteiger partial charge in [-0.15, -0.1) is 0 Å². The van der Waals surface area contributed by atoms with Crippen molar-refractivity contribution in [3.63, 3.8) is 0 Å². The van der Waals surface area contributed by atoms with Crippen molar-refractivity contribution in [3.8, 4) is 6.07 Å². The molecule has 2 heterocycles. The van der Waals surface area contributed by atoms with Gasteiger partial charge in [0.1, 0.15) is 5.54 Å². The minimum absolute atomic E-state index is 0.387. The highest BCUT2D eigenvalue weighted by atomic mass is 15.3. The van der Waals surface area contributed by atoms with Crippen molar-refractivity contribution < 1.29 is 0 Å². The molecule has 0 spiro atoms. The Morgan fingerprint density at radius 1 is 1.40 bits per heavy atom. The first-order valence-corrected chi connectivity index (χ1v) is 8.22. The van der Waals surface area contributed by atoms with E-state index in [9.17, 15) is 5.26 Å². The second-order valence-corrected chi connectivity index (χ2v) is 6.75. The van der Waals surface area contributed by atoms with E-state index in [0.717, 1.165) is 32.0 Å². The summed E-state index contributed by atoms with van der Waals surface area (Å²) in [6.07, 6.45) is 4.70. The number of nitrogens with zero attached hydrogens (tertiary/aromatic N) is 3. The lowest BCUT2D eigenvalue weighted by atomic mass is 9.93. The second-order valence-electron chi connectivity index (χ2n) is 6.75. The van der Waals surface area contributed by atoms with E-state index in [1.54, 1.807) is 0 Å². The van der Waals surface area contributed by atoms with Crippen molar-refractivity contribution in [2.75, 3.05) is 32.7 Å². The van der Waals surface area contributed by atoms with Crippen LogP contribution in [0, 0.1) is 11.3 Å². The van der Waals surface area contributed by atoms with Gasteiger partial charge in [-0.3, -0.25) is 15.1 Å². The zero-order valence-electron chi connectivity index (χ0n) is 13.4. The number of nitrogens with one attached hydrogen (secondary N) is 1. The minimum atomic E-state index is -0.387. The Kier molecular flexibility index (Phi) is 5.42. The van der Waals surface area contributed by atoms with Crippen LogP contribution in [0.3, 0.4) is 0 Å². The van der Waals surface area contributed by atoms with E-state index in [4.69, 9.17) is 0 Å². The zero-order valence-corrected chi connectivity index (χ0v) is 13.4. The molecule has 2 saturated heterocycles. The predicted octanol–water partition coefficient (Wildman–Crippen LogP) is 1.83. The summed E-state index contributed by atoms with van der Waals surface area (Å²) < 4.78 is 0. The largest absolute Gasteiger partial charge is 0.300 e. The summed E-state index contributed by atoms with van der Waals surface area (Å²) in [6, 6.07) is 3.73. The average Bonchev–Trinajstić information content (AvgIpc) is 2.92. The first-order valence-electron chi connectivity index (χ1n) is 8.22. The highest BCUT2D eigenvalue weighted by molar-refractivity contribution is 5.05. The van der Waals surface area contributed by atoms with Gasteiger partial charge >= 0.3 is 0 Å². The predicted molar refractivity (Wildman–Crippen MR) is 82.6 cm³/mol. The third-order valence-electron chi connectivity index (χ3n) is 4.96. The molecule has 2 rings (SSSR count). The number of hydrogen-bond donors (Lipinski definition) is 1. The Morgan fingerprint density at radius 3 is 2.90 bits per heavy atom. The Balaban J connectivity index is 1.87. The molecule has 2 aliphatic rings. The lowest BCUT2D eigenvalue weighted by molar-refractivity contribution is 0.0676. The van der Waals surface area contributed by atoms with E-state index in [1.807, 2.05) is 6.92 Å². The van der Waals surface area contributed by atoms with E-state index >= 15 is 0 Å². The highest BCUT2D eigenvalue weighted by Gasteiger charge is 2.34. The summed E-state index contributed by atoms with van der Waals surface area (Å²) in [5.41, 5.74) is -0.387. The van der Waals surface area contributed by atoms with Gasteiger partial charge in [-0.2, -0.15) is 5.26 Å². The molecular formula is C16H30N4. The number of fused-ring (bicyclic) bond motifs is 1. The molecule has 3 atom stereocenters. The standard InChI is InChI=1S/C16H30N4/c1-4-7-18-16(3,13-17)11-14(2)20-10-9-19-8-5-6-15(19)12-20/h14-15,18H,4-12H2,1-3H3.